The van der Waals surface area contributed by atoms with Crippen molar-refractivity contribution in [2.45, 2.75) is 44.9 Å². The first kappa shape index (κ1) is 17.2. The van der Waals surface area contributed by atoms with Crippen molar-refractivity contribution in [3.63, 3.8) is 0 Å². The van der Waals surface area contributed by atoms with Gasteiger partial charge in [-0.05, 0) is 24.8 Å². The third-order valence-corrected chi connectivity index (χ3v) is 5.90. The first-order valence-electron chi connectivity index (χ1n) is 8.45. The van der Waals surface area contributed by atoms with E-state index >= 15 is 0 Å². The molecule has 3 aliphatic heterocycles. The van der Waals surface area contributed by atoms with Crippen LogP contribution in [0.1, 0.15) is 27.2 Å². The fourth-order valence-electron chi connectivity index (χ4n) is 3.79. The minimum atomic E-state index is -1.70. The molecule has 0 radical (unpaired) electrons. The molecule has 0 bridgehead atoms. The molecule has 0 aromatic heterocycles. The molecule has 6 nitrogen and oxygen atoms in total. The van der Waals surface area contributed by atoms with Gasteiger partial charge in [-0.3, -0.25) is 4.90 Å². The van der Waals surface area contributed by atoms with Crippen LogP contribution in [0, 0.1) is 11.8 Å². The number of esters is 2. The Kier molecular flexibility index (Phi) is 4.30. The predicted octanol–water partition coefficient (Wildman–Crippen LogP) is 1.05. The van der Waals surface area contributed by atoms with E-state index in [1.54, 1.807) is 13.8 Å². The minimum absolute atomic E-state index is 0.0494. The molecule has 0 aromatic rings. The van der Waals surface area contributed by atoms with Gasteiger partial charge in [0.1, 0.15) is 12.7 Å². The lowest BCUT2D eigenvalue weighted by molar-refractivity contribution is -0.170. The van der Waals surface area contributed by atoms with Crippen LogP contribution in [-0.4, -0.2) is 59.4 Å². The molecule has 0 saturated carbocycles. The quantitative estimate of drug-likeness (QED) is 0.405. The lowest BCUT2D eigenvalue weighted by Crippen LogP contribution is -2.47. The standard InChI is InChI=1S/C18H25NO5/c1-10-11(2)16(20)24-14-6-8-19-7-5-13(15(14)19)9-23-17(21)18(4,22)12(10)3/h5,10,12,14-15,22H,2,6-9H2,1,3-4H3/t10?,12-,14-,15-,18-/m1/s1. The van der Waals surface area contributed by atoms with E-state index in [4.69, 9.17) is 9.47 Å². The number of aliphatic hydroxyl groups is 1. The molecule has 6 heteroatoms. The molecule has 3 heterocycles. The maximum Gasteiger partial charge on any atom is 0.338 e. The van der Waals surface area contributed by atoms with Gasteiger partial charge in [-0.2, -0.15) is 0 Å². The minimum Gasteiger partial charge on any atom is -0.459 e. The normalized spacial score (nSPS) is 41.0. The van der Waals surface area contributed by atoms with E-state index in [0.29, 0.717) is 0 Å². The molecule has 0 amide bonds. The van der Waals surface area contributed by atoms with E-state index in [1.165, 1.54) is 6.92 Å². The summed E-state index contributed by atoms with van der Waals surface area (Å²) in [5.74, 6) is -2.05. The molecule has 24 heavy (non-hydrogen) atoms. The highest BCUT2D eigenvalue weighted by atomic mass is 16.6. The summed E-state index contributed by atoms with van der Waals surface area (Å²) < 4.78 is 11.1. The van der Waals surface area contributed by atoms with E-state index in [2.05, 4.69) is 11.5 Å². The number of carbonyl (C=O) groups is 2. The van der Waals surface area contributed by atoms with Crippen LogP contribution in [0.5, 0.6) is 0 Å². The predicted molar refractivity (Wildman–Crippen MR) is 87.0 cm³/mol. The lowest BCUT2D eigenvalue weighted by Gasteiger charge is -2.34. The van der Waals surface area contributed by atoms with E-state index in [-0.39, 0.29) is 24.3 Å². The molecule has 1 N–H and O–H groups in total. The van der Waals surface area contributed by atoms with Gasteiger partial charge in [0.25, 0.3) is 0 Å². The molecule has 3 rings (SSSR count). The summed E-state index contributed by atoms with van der Waals surface area (Å²) in [6.07, 6.45) is 2.53. The van der Waals surface area contributed by atoms with Crippen molar-refractivity contribution in [1.82, 2.24) is 4.90 Å². The molecule has 0 aliphatic carbocycles. The summed E-state index contributed by atoms with van der Waals surface area (Å²) in [4.78, 5) is 27.1. The smallest absolute Gasteiger partial charge is 0.338 e. The van der Waals surface area contributed by atoms with E-state index < -0.39 is 29.4 Å². The van der Waals surface area contributed by atoms with Crippen molar-refractivity contribution in [1.29, 1.82) is 0 Å². The van der Waals surface area contributed by atoms with Crippen LogP contribution in [0.15, 0.2) is 23.8 Å². The third-order valence-electron chi connectivity index (χ3n) is 5.90. The zero-order valence-corrected chi connectivity index (χ0v) is 14.4. The number of ether oxygens (including phenoxy) is 2. The molecular weight excluding hydrogens is 310 g/mol. The van der Waals surface area contributed by atoms with E-state index in [9.17, 15) is 14.7 Å². The van der Waals surface area contributed by atoms with Crippen LogP contribution in [0.2, 0.25) is 0 Å². The molecule has 0 spiro atoms. The Labute approximate surface area is 142 Å². The van der Waals surface area contributed by atoms with Gasteiger partial charge in [-0.25, -0.2) is 9.59 Å². The molecular formula is C18H25NO5. The number of nitrogens with zero attached hydrogens (tertiary/aromatic N) is 1. The number of carbonyl (C=O) groups excluding carboxylic acids is 2. The highest BCUT2D eigenvalue weighted by Crippen LogP contribution is 2.35. The van der Waals surface area contributed by atoms with Crippen LogP contribution in [0.25, 0.3) is 0 Å². The number of hydrogen-bond donors (Lipinski definition) is 1. The maximum atomic E-state index is 12.5. The van der Waals surface area contributed by atoms with Crippen molar-refractivity contribution >= 4 is 11.9 Å². The highest BCUT2D eigenvalue weighted by molar-refractivity contribution is 5.89. The van der Waals surface area contributed by atoms with Crippen LogP contribution in [0.4, 0.5) is 0 Å². The Morgan fingerprint density at radius 2 is 2.08 bits per heavy atom. The van der Waals surface area contributed by atoms with Gasteiger partial charge in [0, 0.05) is 24.6 Å². The van der Waals surface area contributed by atoms with Crippen LogP contribution in [-0.2, 0) is 19.1 Å². The average Bonchev–Trinajstić information content (AvgIpc) is 3.12. The molecule has 5 atom stereocenters. The van der Waals surface area contributed by atoms with Gasteiger partial charge in [0.05, 0.1) is 6.04 Å². The molecule has 2 saturated heterocycles. The monoisotopic (exact) mass is 335 g/mol. The third kappa shape index (κ3) is 2.67. The van der Waals surface area contributed by atoms with Crippen LogP contribution in [0.3, 0.4) is 0 Å². The number of hydrogen-bond acceptors (Lipinski definition) is 6. The second-order valence-corrected chi connectivity index (χ2v) is 7.28. The van der Waals surface area contributed by atoms with Gasteiger partial charge in [0.15, 0.2) is 5.60 Å². The summed E-state index contributed by atoms with van der Waals surface area (Å²) in [5.41, 5.74) is -0.491. The average molecular weight is 335 g/mol. The summed E-state index contributed by atoms with van der Waals surface area (Å²) in [6, 6.07) is -0.0494. The van der Waals surface area contributed by atoms with Gasteiger partial charge in [0.2, 0.25) is 0 Å². The van der Waals surface area contributed by atoms with Crippen molar-refractivity contribution in [3.05, 3.63) is 23.8 Å². The first-order valence-corrected chi connectivity index (χ1v) is 8.45. The Morgan fingerprint density at radius 3 is 2.79 bits per heavy atom. The Balaban J connectivity index is 1.92. The Bertz CT molecular complexity index is 609. The second-order valence-electron chi connectivity index (χ2n) is 7.28. The fraction of sp³-hybridized carbons (Fsp3) is 0.667. The summed E-state index contributed by atoms with van der Waals surface area (Å²) in [6.45, 7) is 10.5. The largest absolute Gasteiger partial charge is 0.459 e. The van der Waals surface area contributed by atoms with Crippen molar-refractivity contribution in [2.24, 2.45) is 11.8 Å². The number of rotatable bonds is 0. The van der Waals surface area contributed by atoms with E-state index in [0.717, 1.165) is 25.1 Å². The Morgan fingerprint density at radius 1 is 1.38 bits per heavy atom. The van der Waals surface area contributed by atoms with Crippen molar-refractivity contribution < 1.29 is 24.2 Å². The van der Waals surface area contributed by atoms with E-state index in [1.807, 2.05) is 6.08 Å². The molecule has 0 aromatic carbocycles. The summed E-state index contributed by atoms with van der Waals surface area (Å²) in [7, 11) is 0. The van der Waals surface area contributed by atoms with Crippen LogP contribution < -0.4 is 0 Å². The molecule has 2 fully saturated rings. The molecule has 1 unspecified atom stereocenters. The second kappa shape index (κ2) is 6.01. The molecule has 132 valence electrons. The topological polar surface area (TPSA) is 76.1 Å². The van der Waals surface area contributed by atoms with Crippen molar-refractivity contribution in [3.8, 4) is 0 Å². The zero-order chi connectivity index (χ0) is 17.6. The zero-order valence-electron chi connectivity index (χ0n) is 14.4. The Hall–Kier alpha value is -1.66. The van der Waals surface area contributed by atoms with Gasteiger partial charge < -0.3 is 14.6 Å². The fourth-order valence-corrected chi connectivity index (χ4v) is 3.79. The van der Waals surface area contributed by atoms with Gasteiger partial charge in [-0.1, -0.05) is 26.5 Å². The number of cyclic esters (lactones) is 1. The molecule has 3 aliphatic rings. The summed E-state index contributed by atoms with van der Waals surface area (Å²) in [5, 5.41) is 10.6. The van der Waals surface area contributed by atoms with Crippen LogP contribution >= 0.6 is 0 Å². The van der Waals surface area contributed by atoms with Gasteiger partial charge >= 0.3 is 11.9 Å². The SMILES string of the molecule is C=C1C(=O)O[C@@H]2CCN3CC=C(COC(=O)[C@](C)(O)[C@H](C)C1C)[C@H]23. The van der Waals surface area contributed by atoms with Gasteiger partial charge in [-0.15, -0.1) is 0 Å². The summed E-state index contributed by atoms with van der Waals surface area (Å²) >= 11 is 0. The van der Waals surface area contributed by atoms with Crippen molar-refractivity contribution in [2.75, 3.05) is 19.7 Å². The lowest BCUT2D eigenvalue weighted by atomic mass is 9.78. The first-order chi connectivity index (χ1) is 11.2. The highest BCUT2D eigenvalue weighted by Gasteiger charge is 2.46. The maximum absolute atomic E-state index is 12.5.